The van der Waals surface area contributed by atoms with Crippen molar-refractivity contribution in [2.24, 2.45) is 0 Å². The van der Waals surface area contributed by atoms with E-state index in [-0.39, 0.29) is 24.5 Å². The minimum Gasteiger partial charge on any atom is -0.468 e. The first-order chi connectivity index (χ1) is 12.6. The summed E-state index contributed by atoms with van der Waals surface area (Å²) in [4.78, 5) is 32.7. The van der Waals surface area contributed by atoms with E-state index in [9.17, 15) is 9.59 Å². The molecule has 26 heavy (non-hydrogen) atoms. The summed E-state index contributed by atoms with van der Waals surface area (Å²) in [7, 11) is 1.39. The van der Waals surface area contributed by atoms with Crippen molar-refractivity contribution in [2.75, 3.05) is 31.6 Å². The van der Waals surface area contributed by atoms with E-state index in [2.05, 4.69) is 16.4 Å². The Morgan fingerprint density at radius 2 is 2.19 bits per heavy atom. The fourth-order valence-corrected chi connectivity index (χ4v) is 4.23. The van der Waals surface area contributed by atoms with E-state index >= 15 is 0 Å². The van der Waals surface area contributed by atoms with E-state index in [4.69, 9.17) is 4.74 Å². The third-order valence-corrected chi connectivity index (χ3v) is 5.91. The topological polar surface area (TPSA) is 62.7 Å². The van der Waals surface area contributed by atoms with Crippen LogP contribution in [0.3, 0.4) is 0 Å². The van der Waals surface area contributed by atoms with Crippen molar-refractivity contribution >= 4 is 28.9 Å². The molecule has 136 valence electrons. The molecular formula is C19H21N3O3S. The molecule has 2 aromatic rings. The van der Waals surface area contributed by atoms with Crippen LogP contribution in [-0.2, 0) is 20.7 Å². The van der Waals surface area contributed by atoms with Crippen LogP contribution in [0.4, 0.5) is 5.69 Å². The molecule has 1 fully saturated rings. The van der Waals surface area contributed by atoms with E-state index in [0.29, 0.717) is 6.54 Å². The number of benzene rings is 1. The normalized spacial score (nSPS) is 19.2. The minimum atomic E-state index is -0.277. The lowest BCUT2D eigenvalue weighted by atomic mass is 10.0. The van der Waals surface area contributed by atoms with Gasteiger partial charge in [0.2, 0.25) is 5.91 Å². The molecule has 1 atom stereocenters. The number of carbonyl (C=O) groups is 2. The first-order valence-corrected chi connectivity index (χ1v) is 9.62. The SMILES string of the molecule is COC(=O)C1CCN1CC(=O)N1CCc2cc(-c3csc(C)n3)ccc21. The Balaban J connectivity index is 1.47. The van der Waals surface area contributed by atoms with E-state index in [1.807, 2.05) is 28.9 Å². The van der Waals surface area contributed by atoms with Crippen LogP contribution in [0.25, 0.3) is 11.3 Å². The van der Waals surface area contributed by atoms with Crippen LogP contribution in [0.2, 0.25) is 0 Å². The van der Waals surface area contributed by atoms with Crippen LogP contribution < -0.4 is 4.90 Å². The van der Waals surface area contributed by atoms with Gasteiger partial charge in [-0.2, -0.15) is 0 Å². The Hall–Kier alpha value is -2.25. The lowest BCUT2D eigenvalue weighted by Gasteiger charge is -2.38. The number of nitrogens with zero attached hydrogens (tertiary/aromatic N) is 3. The molecule has 4 rings (SSSR count). The van der Waals surface area contributed by atoms with Crippen LogP contribution in [0.5, 0.6) is 0 Å². The van der Waals surface area contributed by atoms with Crippen molar-refractivity contribution in [1.82, 2.24) is 9.88 Å². The largest absolute Gasteiger partial charge is 0.468 e. The van der Waals surface area contributed by atoms with Gasteiger partial charge in [-0.15, -0.1) is 11.3 Å². The third kappa shape index (κ3) is 3.01. The van der Waals surface area contributed by atoms with Crippen LogP contribution >= 0.6 is 11.3 Å². The van der Waals surface area contributed by atoms with E-state index in [1.165, 1.54) is 12.7 Å². The molecule has 0 N–H and O–H groups in total. The summed E-state index contributed by atoms with van der Waals surface area (Å²) in [6.45, 7) is 3.70. The monoisotopic (exact) mass is 371 g/mol. The van der Waals surface area contributed by atoms with E-state index < -0.39 is 0 Å². The molecule has 1 saturated heterocycles. The first kappa shape index (κ1) is 17.2. The summed E-state index contributed by atoms with van der Waals surface area (Å²) >= 11 is 1.64. The Bertz CT molecular complexity index is 863. The molecule has 0 saturated carbocycles. The molecule has 1 aromatic carbocycles. The molecule has 1 unspecified atom stereocenters. The number of aromatic nitrogens is 1. The molecule has 0 aliphatic carbocycles. The van der Waals surface area contributed by atoms with Gasteiger partial charge in [0, 0.05) is 29.7 Å². The van der Waals surface area contributed by atoms with Gasteiger partial charge in [0.15, 0.2) is 0 Å². The molecule has 0 bridgehead atoms. The maximum Gasteiger partial charge on any atom is 0.323 e. The summed E-state index contributed by atoms with van der Waals surface area (Å²) in [5, 5.41) is 3.11. The number of aryl methyl sites for hydroxylation is 1. The lowest BCUT2D eigenvalue weighted by Crippen LogP contribution is -2.56. The number of amides is 1. The van der Waals surface area contributed by atoms with Gasteiger partial charge in [-0.25, -0.2) is 4.98 Å². The average Bonchev–Trinajstić information content (AvgIpc) is 3.23. The molecular weight excluding hydrogens is 350 g/mol. The predicted molar refractivity (Wildman–Crippen MR) is 100 cm³/mol. The average molecular weight is 371 g/mol. The molecule has 0 radical (unpaired) electrons. The second-order valence-corrected chi connectivity index (χ2v) is 7.75. The number of methoxy groups -OCH3 is 1. The number of hydrogen-bond donors (Lipinski definition) is 0. The van der Waals surface area contributed by atoms with Crippen molar-refractivity contribution in [3.63, 3.8) is 0 Å². The lowest BCUT2D eigenvalue weighted by molar-refractivity contribution is -0.152. The zero-order valence-electron chi connectivity index (χ0n) is 14.9. The van der Waals surface area contributed by atoms with Gasteiger partial charge in [-0.3, -0.25) is 14.5 Å². The van der Waals surface area contributed by atoms with E-state index in [0.717, 1.165) is 41.3 Å². The number of carbonyl (C=O) groups excluding carboxylic acids is 2. The third-order valence-electron chi connectivity index (χ3n) is 5.13. The zero-order chi connectivity index (χ0) is 18.3. The minimum absolute atomic E-state index is 0.0367. The highest BCUT2D eigenvalue weighted by atomic mass is 32.1. The van der Waals surface area contributed by atoms with Crippen molar-refractivity contribution < 1.29 is 14.3 Å². The number of thiazole rings is 1. The maximum absolute atomic E-state index is 12.7. The van der Waals surface area contributed by atoms with Gasteiger partial charge >= 0.3 is 5.97 Å². The highest BCUT2D eigenvalue weighted by Gasteiger charge is 2.37. The van der Waals surface area contributed by atoms with Gasteiger partial charge in [0.1, 0.15) is 6.04 Å². The molecule has 1 amide bonds. The summed E-state index contributed by atoms with van der Waals surface area (Å²) in [6.07, 6.45) is 1.60. The Morgan fingerprint density at radius 3 is 2.85 bits per heavy atom. The number of anilines is 1. The molecule has 2 aliphatic rings. The van der Waals surface area contributed by atoms with Crippen molar-refractivity contribution in [1.29, 1.82) is 0 Å². The van der Waals surface area contributed by atoms with Gasteiger partial charge in [0.25, 0.3) is 0 Å². The highest BCUT2D eigenvalue weighted by molar-refractivity contribution is 7.09. The smallest absolute Gasteiger partial charge is 0.323 e. The number of fused-ring (bicyclic) bond motifs is 1. The Labute approximate surface area is 156 Å². The van der Waals surface area contributed by atoms with Crippen molar-refractivity contribution in [3.05, 3.63) is 34.2 Å². The Morgan fingerprint density at radius 1 is 1.35 bits per heavy atom. The van der Waals surface area contributed by atoms with Gasteiger partial charge in [-0.05, 0) is 37.5 Å². The second-order valence-electron chi connectivity index (χ2n) is 6.69. The molecule has 1 aromatic heterocycles. The van der Waals surface area contributed by atoms with Gasteiger partial charge < -0.3 is 9.64 Å². The predicted octanol–water partition coefficient (Wildman–Crippen LogP) is 2.25. The summed E-state index contributed by atoms with van der Waals surface area (Å²) < 4.78 is 4.79. The number of hydrogen-bond acceptors (Lipinski definition) is 6. The summed E-state index contributed by atoms with van der Waals surface area (Å²) in [5.41, 5.74) is 4.23. The number of esters is 1. The van der Waals surface area contributed by atoms with Crippen molar-refractivity contribution in [2.45, 2.75) is 25.8 Å². The Kier molecular flexibility index (Phi) is 4.50. The summed E-state index contributed by atoms with van der Waals surface area (Å²) in [5.74, 6) is -0.219. The van der Waals surface area contributed by atoms with Crippen LogP contribution in [0.15, 0.2) is 23.6 Å². The molecule has 3 heterocycles. The number of likely N-dealkylation sites (tertiary alicyclic amines) is 1. The molecule has 2 aliphatic heterocycles. The van der Waals surface area contributed by atoms with E-state index in [1.54, 1.807) is 11.3 Å². The standard InChI is InChI=1S/C19H21N3O3S/c1-12-20-15(11-26-12)13-3-4-16-14(9-13)5-8-22(16)18(23)10-21-7-6-17(21)19(24)25-2/h3-4,9,11,17H,5-8,10H2,1-2H3. The fourth-order valence-electron chi connectivity index (χ4n) is 3.61. The maximum atomic E-state index is 12.7. The van der Waals surface area contributed by atoms with Crippen molar-refractivity contribution in [3.8, 4) is 11.3 Å². The summed E-state index contributed by atoms with van der Waals surface area (Å²) in [6, 6.07) is 5.90. The van der Waals surface area contributed by atoms with Gasteiger partial charge in [-0.1, -0.05) is 6.07 Å². The van der Waals surface area contributed by atoms with Crippen LogP contribution in [-0.4, -0.2) is 54.5 Å². The zero-order valence-corrected chi connectivity index (χ0v) is 15.7. The quantitative estimate of drug-likeness (QED) is 0.772. The van der Waals surface area contributed by atoms with Gasteiger partial charge in [0.05, 0.1) is 24.4 Å². The molecule has 7 heteroatoms. The highest BCUT2D eigenvalue weighted by Crippen LogP contribution is 2.33. The fraction of sp³-hybridized carbons (Fsp3) is 0.421. The molecule has 6 nitrogen and oxygen atoms in total. The molecule has 0 spiro atoms. The number of rotatable bonds is 4. The van der Waals surface area contributed by atoms with Crippen LogP contribution in [0.1, 0.15) is 17.0 Å². The number of ether oxygens (including phenoxy) is 1. The van der Waals surface area contributed by atoms with Crippen LogP contribution in [0, 0.1) is 6.92 Å². The second kappa shape index (κ2) is 6.81. The first-order valence-electron chi connectivity index (χ1n) is 8.74.